The second-order valence-corrected chi connectivity index (χ2v) is 13.2. The highest BCUT2D eigenvalue weighted by atomic mass is 19.3. The van der Waals surface area contributed by atoms with E-state index in [-0.39, 0.29) is 29.7 Å². The molecule has 0 spiro atoms. The number of hydrogen-bond acceptors (Lipinski definition) is 4. The van der Waals surface area contributed by atoms with E-state index in [2.05, 4.69) is 21.7 Å². The summed E-state index contributed by atoms with van der Waals surface area (Å²) in [6.07, 6.45) is 8.18. The SMILES string of the molecule is CNCC1CCC(C)N1C(=O)C12CC1c1cc(OC(F)F)ccc1-c1c(C3CCCCC3)c3ccc(C(N)=O)cc3n1C2. The maximum Gasteiger partial charge on any atom is 0.387 e. The fourth-order valence-electron chi connectivity index (χ4n) is 8.61. The number of amides is 2. The topological polar surface area (TPSA) is 89.6 Å². The van der Waals surface area contributed by atoms with Gasteiger partial charge in [-0.2, -0.15) is 8.78 Å². The maximum absolute atomic E-state index is 14.8. The van der Waals surface area contributed by atoms with E-state index in [1.807, 2.05) is 25.2 Å². The molecular formula is C34H40F2N4O3. The number of alkyl halides is 2. The van der Waals surface area contributed by atoms with Gasteiger partial charge < -0.3 is 25.3 Å². The average molecular weight is 591 g/mol. The number of carbonyl (C=O) groups excluding carboxylic acids is 2. The zero-order valence-corrected chi connectivity index (χ0v) is 24.9. The molecule has 3 aromatic rings. The number of nitrogens with zero attached hydrogens (tertiary/aromatic N) is 2. The Balaban J connectivity index is 1.46. The summed E-state index contributed by atoms with van der Waals surface area (Å²) in [6.45, 7) is 0.383. The van der Waals surface area contributed by atoms with Crippen LogP contribution < -0.4 is 15.8 Å². The van der Waals surface area contributed by atoms with Crippen molar-refractivity contribution < 1.29 is 23.1 Å². The van der Waals surface area contributed by atoms with Gasteiger partial charge in [-0.15, -0.1) is 0 Å². The molecule has 1 saturated heterocycles. The monoisotopic (exact) mass is 590 g/mol. The molecule has 4 atom stereocenters. The molecule has 2 aromatic carbocycles. The normalized spacial score (nSPS) is 26.6. The molecule has 3 heterocycles. The summed E-state index contributed by atoms with van der Waals surface area (Å²) in [5, 5.41) is 4.34. The van der Waals surface area contributed by atoms with Gasteiger partial charge in [0, 0.05) is 53.1 Å². The molecule has 0 bridgehead atoms. The van der Waals surface area contributed by atoms with Crippen molar-refractivity contribution in [1.82, 2.24) is 14.8 Å². The van der Waals surface area contributed by atoms with Crippen molar-refractivity contribution in [2.45, 2.75) is 95.4 Å². The number of ether oxygens (including phenoxy) is 1. The zero-order valence-electron chi connectivity index (χ0n) is 24.9. The Morgan fingerprint density at radius 2 is 1.88 bits per heavy atom. The molecule has 7 rings (SSSR count). The second-order valence-electron chi connectivity index (χ2n) is 13.2. The van der Waals surface area contributed by atoms with Gasteiger partial charge in [0.05, 0.1) is 11.1 Å². The largest absolute Gasteiger partial charge is 0.435 e. The number of nitrogens with two attached hydrogens (primary N) is 1. The quantitative estimate of drug-likeness (QED) is 0.346. The summed E-state index contributed by atoms with van der Waals surface area (Å²) in [7, 11) is 1.91. The van der Waals surface area contributed by atoms with Gasteiger partial charge in [-0.25, -0.2) is 0 Å². The smallest absolute Gasteiger partial charge is 0.387 e. The van der Waals surface area contributed by atoms with Crippen LogP contribution in [0.25, 0.3) is 22.2 Å². The Labute approximate surface area is 250 Å². The van der Waals surface area contributed by atoms with Gasteiger partial charge in [0.2, 0.25) is 11.8 Å². The third kappa shape index (κ3) is 4.53. The molecule has 228 valence electrons. The Kier molecular flexibility index (Phi) is 6.99. The van der Waals surface area contributed by atoms with Crippen LogP contribution in [0.3, 0.4) is 0 Å². The number of fused-ring (bicyclic) bond motifs is 7. The fourth-order valence-corrected chi connectivity index (χ4v) is 8.61. The van der Waals surface area contributed by atoms with E-state index in [0.29, 0.717) is 24.4 Å². The molecule has 2 saturated carbocycles. The molecule has 4 unspecified atom stereocenters. The first-order valence-electron chi connectivity index (χ1n) is 15.8. The van der Waals surface area contributed by atoms with Crippen molar-refractivity contribution >= 4 is 22.7 Å². The van der Waals surface area contributed by atoms with Gasteiger partial charge in [0.25, 0.3) is 0 Å². The first-order valence-corrected chi connectivity index (χ1v) is 15.8. The summed E-state index contributed by atoms with van der Waals surface area (Å²) in [5.74, 6) is -0.0298. The van der Waals surface area contributed by atoms with Crippen LogP contribution in [0.5, 0.6) is 5.75 Å². The molecular weight excluding hydrogens is 550 g/mol. The lowest BCUT2D eigenvalue weighted by Gasteiger charge is -2.33. The predicted octanol–water partition coefficient (Wildman–Crippen LogP) is 6.14. The lowest BCUT2D eigenvalue weighted by atomic mass is 9.81. The Morgan fingerprint density at radius 1 is 1.09 bits per heavy atom. The summed E-state index contributed by atoms with van der Waals surface area (Å²) in [5.41, 5.74) is 10.5. The minimum Gasteiger partial charge on any atom is -0.435 e. The number of likely N-dealkylation sites (N-methyl/N-ethyl adjacent to an activating group) is 1. The molecule has 2 aliphatic carbocycles. The number of benzene rings is 2. The lowest BCUT2D eigenvalue weighted by Crippen LogP contribution is -2.48. The zero-order chi connectivity index (χ0) is 30.0. The lowest BCUT2D eigenvalue weighted by molar-refractivity contribution is -0.140. The minimum atomic E-state index is -2.93. The fraction of sp³-hybridized carbons (Fsp3) is 0.529. The molecule has 4 aliphatic rings. The predicted molar refractivity (Wildman–Crippen MR) is 161 cm³/mol. The van der Waals surface area contributed by atoms with Gasteiger partial charge in [0.15, 0.2) is 0 Å². The number of likely N-dealkylation sites (tertiary alicyclic amines) is 1. The number of halogens is 2. The molecule has 2 amide bonds. The number of hydrogen-bond donors (Lipinski definition) is 2. The van der Waals surface area contributed by atoms with Crippen molar-refractivity contribution in [2.75, 3.05) is 13.6 Å². The van der Waals surface area contributed by atoms with Crippen LogP contribution in [0.15, 0.2) is 36.4 Å². The van der Waals surface area contributed by atoms with E-state index >= 15 is 0 Å². The van der Waals surface area contributed by atoms with Crippen molar-refractivity contribution in [1.29, 1.82) is 0 Å². The highest BCUT2D eigenvalue weighted by Crippen LogP contribution is 2.66. The van der Waals surface area contributed by atoms with Gasteiger partial charge in [-0.3, -0.25) is 9.59 Å². The van der Waals surface area contributed by atoms with Crippen molar-refractivity contribution in [3.05, 3.63) is 53.1 Å². The van der Waals surface area contributed by atoms with E-state index in [1.54, 1.807) is 18.2 Å². The molecule has 3 N–H and O–H groups in total. The van der Waals surface area contributed by atoms with Crippen molar-refractivity contribution in [3.8, 4) is 17.0 Å². The molecule has 7 nitrogen and oxygen atoms in total. The average Bonchev–Trinajstić information content (AvgIpc) is 3.52. The van der Waals surface area contributed by atoms with Crippen LogP contribution in [0.1, 0.15) is 91.6 Å². The van der Waals surface area contributed by atoms with Crippen LogP contribution in [-0.2, 0) is 11.3 Å². The second kappa shape index (κ2) is 10.6. The van der Waals surface area contributed by atoms with Gasteiger partial charge in [0.1, 0.15) is 5.75 Å². The number of rotatable bonds is 7. The van der Waals surface area contributed by atoms with Crippen LogP contribution in [0.4, 0.5) is 8.78 Å². The minimum absolute atomic E-state index is 0.111. The van der Waals surface area contributed by atoms with Crippen LogP contribution >= 0.6 is 0 Å². The summed E-state index contributed by atoms with van der Waals surface area (Å²) >= 11 is 0. The van der Waals surface area contributed by atoms with E-state index in [9.17, 15) is 18.4 Å². The van der Waals surface area contributed by atoms with Crippen molar-refractivity contribution in [2.24, 2.45) is 11.1 Å². The van der Waals surface area contributed by atoms with Gasteiger partial charge >= 0.3 is 6.61 Å². The van der Waals surface area contributed by atoms with Crippen LogP contribution in [0, 0.1) is 5.41 Å². The Morgan fingerprint density at radius 3 is 2.60 bits per heavy atom. The summed E-state index contributed by atoms with van der Waals surface area (Å²) < 4.78 is 33.9. The molecule has 43 heavy (non-hydrogen) atoms. The Hall–Kier alpha value is -3.46. The highest BCUT2D eigenvalue weighted by molar-refractivity contribution is 6.01. The molecule has 3 fully saturated rings. The molecule has 9 heteroatoms. The van der Waals surface area contributed by atoms with E-state index in [0.717, 1.165) is 72.8 Å². The van der Waals surface area contributed by atoms with E-state index in [1.165, 1.54) is 12.0 Å². The highest BCUT2D eigenvalue weighted by Gasteiger charge is 2.65. The third-order valence-corrected chi connectivity index (χ3v) is 10.7. The number of carbonyl (C=O) groups is 2. The van der Waals surface area contributed by atoms with Gasteiger partial charge in [-0.05, 0) is 93.5 Å². The van der Waals surface area contributed by atoms with Gasteiger partial charge in [-0.1, -0.05) is 25.3 Å². The molecule has 2 aliphatic heterocycles. The number of aromatic nitrogens is 1. The van der Waals surface area contributed by atoms with E-state index < -0.39 is 17.9 Å². The van der Waals surface area contributed by atoms with Crippen LogP contribution in [-0.4, -0.2) is 53.6 Å². The number of nitrogens with one attached hydrogen (secondary N) is 1. The first-order chi connectivity index (χ1) is 20.7. The molecule has 0 radical (unpaired) electrons. The molecule has 1 aromatic heterocycles. The first kappa shape index (κ1) is 28.3. The number of primary amides is 1. The van der Waals surface area contributed by atoms with Crippen LogP contribution in [0.2, 0.25) is 0 Å². The standard InChI is InChI=1S/C34H40F2N4O3/c1-19-8-10-22(17-38-2)40(19)32(42)34-16-27(34)26-15-23(43-33(35)36)11-13-24(26)30-29(20-6-4-3-5-7-20)25-12-9-21(31(37)41)14-28(25)39(30)18-34/h9,11-15,19-20,22,27,33,38H,3-8,10,16-18H2,1-2H3,(H2,37,41). The third-order valence-electron chi connectivity index (χ3n) is 10.7. The summed E-state index contributed by atoms with van der Waals surface area (Å²) in [6, 6.07) is 11.2. The maximum atomic E-state index is 14.8. The van der Waals surface area contributed by atoms with E-state index in [4.69, 9.17) is 10.5 Å². The summed E-state index contributed by atoms with van der Waals surface area (Å²) in [4.78, 5) is 29.2. The van der Waals surface area contributed by atoms with Crippen molar-refractivity contribution in [3.63, 3.8) is 0 Å². The Bertz CT molecular complexity index is 1590.